The maximum absolute atomic E-state index is 13.4. The molecule has 7 nitrogen and oxygen atoms in total. The first-order chi connectivity index (χ1) is 19.5. The highest BCUT2D eigenvalue weighted by Gasteiger charge is 2.35. The minimum absolute atomic E-state index is 0.236. The Labute approximate surface area is 235 Å². The van der Waals surface area contributed by atoms with Crippen LogP contribution in [-0.4, -0.2) is 35.1 Å². The van der Waals surface area contributed by atoms with Gasteiger partial charge in [-0.15, -0.1) is 0 Å². The van der Waals surface area contributed by atoms with Crippen LogP contribution in [0.15, 0.2) is 103 Å². The van der Waals surface area contributed by atoms with Gasteiger partial charge in [0.15, 0.2) is 6.61 Å². The van der Waals surface area contributed by atoms with Crippen LogP contribution in [0.4, 0.5) is 4.79 Å². The van der Waals surface area contributed by atoms with E-state index in [9.17, 15) is 9.59 Å². The second-order valence-electron chi connectivity index (χ2n) is 9.38. The van der Waals surface area contributed by atoms with Crippen molar-refractivity contribution in [1.82, 2.24) is 9.88 Å². The van der Waals surface area contributed by atoms with E-state index in [-0.39, 0.29) is 6.61 Å². The number of nitrogens with one attached hydrogen (secondary N) is 1. The topological polar surface area (TPSA) is 80.9 Å². The van der Waals surface area contributed by atoms with Gasteiger partial charge in [-0.25, -0.2) is 9.59 Å². The lowest BCUT2D eigenvalue weighted by atomic mass is 9.92. The lowest BCUT2D eigenvalue weighted by molar-refractivity contribution is -0.136. The molecule has 1 aliphatic rings. The molecule has 1 aromatic heterocycles. The summed E-state index contributed by atoms with van der Waals surface area (Å²) < 4.78 is 16.7. The monoisotopic (exact) mass is 552 g/mol. The highest BCUT2D eigenvalue weighted by molar-refractivity contribution is 6.31. The number of hydrogen-bond donors (Lipinski definition) is 1. The maximum Gasteiger partial charge on any atom is 0.416 e. The van der Waals surface area contributed by atoms with Crippen molar-refractivity contribution in [3.05, 3.63) is 125 Å². The van der Waals surface area contributed by atoms with Gasteiger partial charge in [0, 0.05) is 28.2 Å². The molecule has 0 spiro atoms. The molecule has 0 saturated heterocycles. The lowest BCUT2D eigenvalue weighted by Gasteiger charge is -2.35. The number of halogens is 1. The molecular formula is C32H25ClN2O5. The molecular weight excluding hydrogens is 528 g/mol. The van der Waals surface area contributed by atoms with Crippen molar-refractivity contribution in [2.45, 2.75) is 12.5 Å². The molecule has 0 bridgehead atoms. The zero-order valence-electron chi connectivity index (χ0n) is 21.4. The van der Waals surface area contributed by atoms with Crippen LogP contribution < -0.4 is 14.2 Å². The van der Waals surface area contributed by atoms with Gasteiger partial charge in [0.05, 0.1) is 0 Å². The number of benzene rings is 4. The van der Waals surface area contributed by atoms with E-state index in [1.54, 1.807) is 53.4 Å². The van der Waals surface area contributed by atoms with Gasteiger partial charge in [0.25, 0.3) is 0 Å². The Morgan fingerprint density at radius 2 is 1.50 bits per heavy atom. The molecule has 1 unspecified atom stereocenters. The van der Waals surface area contributed by atoms with Gasteiger partial charge in [-0.05, 0) is 72.1 Å². The predicted molar refractivity (Wildman–Crippen MR) is 152 cm³/mol. The number of para-hydroxylation sites is 2. The fourth-order valence-electron chi connectivity index (χ4n) is 4.99. The SMILES string of the molecule is O=C(COc1ccc(C2c3[nH]c4ccc(Cl)cc4c3CCN2C(=O)Oc2ccccc2)cc1)Oc1ccccc1. The van der Waals surface area contributed by atoms with Gasteiger partial charge in [0.1, 0.15) is 23.3 Å². The van der Waals surface area contributed by atoms with Gasteiger partial charge in [0.2, 0.25) is 0 Å². The van der Waals surface area contributed by atoms with Crippen molar-refractivity contribution < 1.29 is 23.8 Å². The summed E-state index contributed by atoms with van der Waals surface area (Å²) in [4.78, 5) is 30.9. The largest absolute Gasteiger partial charge is 0.482 e. The third kappa shape index (κ3) is 5.37. The molecule has 6 rings (SSSR count). The Hall–Kier alpha value is -4.75. The maximum atomic E-state index is 13.4. The Bertz CT molecular complexity index is 1650. The van der Waals surface area contributed by atoms with E-state index in [0.29, 0.717) is 35.2 Å². The number of rotatable bonds is 6. The first-order valence-electron chi connectivity index (χ1n) is 12.9. The molecule has 4 aromatic carbocycles. The zero-order valence-corrected chi connectivity index (χ0v) is 22.1. The Balaban J connectivity index is 1.26. The number of amides is 1. The predicted octanol–water partition coefficient (Wildman–Crippen LogP) is 6.95. The van der Waals surface area contributed by atoms with Crippen LogP contribution in [0.25, 0.3) is 10.9 Å². The number of esters is 1. The quantitative estimate of drug-likeness (QED) is 0.182. The van der Waals surface area contributed by atoms with E-state index in [1.165, 1.54) is 0 Å². The summed E-state index contributed by atoms with van der Waals surface area (Å²) in [6.45, 7) is 0.229. The fourth-order valence-corrected chi connectivity index (χ4v) is 5.16. The second kappa shape index (κ2) is 11.2. The van der Waals surface area contributed by atoms with E-state index in [0.717, 1.165) is 27.7 Å². The Morgan fingerprint density at radius 1 is 0.825 bits per heavy atom. The number of hydrogen-bond acceptors (Lipinski definition) is 5. The van der Waals surface area contributed by atoms with Crippen molar-refractivity contribution in [2.24, 2.45) is 0 Å². The minimum Gasteiger partial charge on any atom is -0.482 e. The van der Waals surface area contributed by atoms with Crippen molar-refractivity contribution >= 4 is 34.6 Å². The molecule has 0 fully saturated rings. The molecule has 1 aliphatic heterocycles. The van der Waals surface area contributed by atoms with Gasteiger partial charge in [-0.2, -0.15) is 0 Å². The highest BCUT2D eigenvalue weighted by Crippen LogP contribution is 2.40. The molecule has 1 N–H and O–H groups in total. The average Bonchev–Trinajstić information content (AvgIpc) is 3.35. The molecule has 0 aliphatic carbocycles. The third-order valence-corrected chi connectivity index (χ3v) is 7.03. The number of aromatic amines is 1. The second-order valence-corrected chi connectivity index (χ2v) is 9.82. The van der Waals surface area contributed by atoms with Crippen LogP contribution in [-0.2, 0) is 11.2 Å². The normalized spacial score (nSPS) is 14.4. The summed E-state index contributed by atoms with van der Waals surface area (Å²) in [7, 11) is 0. The standard InChI is InChI=1S/C32H25ClN2O5/c33-22-13-16-28-27(19-22)26-17-18-35(32(37)40-25-9-5-2-6-10-25)31(30(26)34-28)21-11-14-23(15-12-21)38-20-29(36)39-24-7-3-1-4-8-24/h1-16,19,31,34H,17-18,20H2. The van der Waals surface area contributed by atoms with E-state index in [4.69, 9.17) is 25.8 Å². The molecule has 200 valence electrons. The van der Waals surface area contributed by atoms with Crippen LogP contribution in [0.3, 0.4) is 0 Å². The van der Waals surface area contributed by atoms with Crippen LogP contribution >= 0.6 is 11.6 Å². The van der Waals surface area contributed by atoms with Crippen LogP contribution in [0.2, 0.25) is 5.02 Å². The Kier molecular flexibility index (Phi) is 7.12. The fraction of sp³-hybridized carbons (Fsp3) is 0.125. The number of aromatic nitrogens is 1. The van der Waals surface area contributed by atoms with Gasteiger partial charge < -0.3 is 19.2 Å². The number of nitrogens with zero attached hydrogens (tertiary/aromatic N) is 1. The number of H-pyrrole nitrogens is 1. The van der Waals surface area contributed by atoms with Crippen LogP contribution in [0, 0.1) is 0 Å². The average molecular weight is 553 g/mol. The molecule has 40 heavy (non-hydrogen) atoms. The molecule has 1 amide bonds. The zero-order chi connectivity index (χ0) is 27.5. The summed E-state index contributed by atoms with van der Waals surface area (Å²) in [5, 5.41) is 1.70. The van der Waals surface area contributed by atoms with Gasteiger partial charge in [-0.3, -0.25) is 4.90 Å². The minimum atomic E-state index is -0.501. The molecule has 8 heteroatoms. The molecule has 0 saturated carbocycles. The number of carbonyl (C=O) groups is 2. The van der Waals surface area contributed by atoms with E-state index < -0.39 is 18.1 Å². The number of ether oxygens (including phenoxy) is 3. The summed E-state index contributed by atoms with van der Waals surface area (Å²) in [5.74, 6) is 0.943. The first-order valence-corrected chi connectivity index (χ1v) is 13.2. The number of carbonyl (C=O) groups excluding carboxylic acids is 2. The Morgan fingerprint density at radius 3 is 2.20 bits per heavy atom. The summed E-state index contributed by atoms with van der Waals surface area (Å²) >= 11 is 6.31. The van der Waals surface area contributed by atoms with Crippen molar-refractivity contribution in [3.8, 4) is 17.2 Å². The summed E-state index contributed by atoms with van der Waals surface area (Å²) in [6.07, 6.45) is 0.211. The van der Waals surface area contributed by atoms with Crippen LogP contribution in [0.1, 0.15) is 22.9 Å². The van der Waals surface area contributed by atoms with E-state index in [1.807, 2.05) is 54.6 Å². The number of fused-ring (bicyclic) bond motifs is 3. The molecule has 5 aromatic rings. The first kappa shape index (κ1) is 25.5. The molecule has 1 atom stereocenters. The molecule has 2 heterocycles. The van der Waals surface area contributed by atoms with Crippen molar-refractivity contribution in [2.75, 3.05) is 13.2 Å². The van der Waals surface area contributed by atoms with Crippen molar-refractivity contribution in [1.29, 1.82) is 0 Å². The molecule has 0 radical (unpaired) electrons. The van der Waals surface area contributed by atoms with E-state index >= 15 is 0 Å². The van der Waals surface area contributed by atoms with Crippen LogP contribution in [0.5, 0.6) is 17.2 Å². The summed E-state index contributed by atoms with van der Waals surface area (Å²) in [6, 6.07) is 30.5. The third-order valence-electron chi connectivity index (χ3n) is 6.80. The van der Waals surface area contributed by atoms with Gasteiger partial charge >= 0.3 is 12.1 Å². The van der Waals surface area contributed by atoms with Gasteiger partial charge in [-0.1, -0.05) is 60.1 Å². The highest BCUT2D eigenvalue weighted by atomic mass is 35.5. The lowest BCUT2D eigenvalue weighted by Crippen LogP contribution is -2.42. The summed E-state index contributed by atoms with van der Waals surface area (Å²) in [5.41, 5.74) is 3.85. The van der Waals surface area contributed by atoms with E-state index in [2.05, 4.69) is 4.98 Å². The van der Waals surface area contributed by atoms with Crippen molar-refractivity contribution in [3.63, 3.8) is 0 Å². The smallest absolute Gasteiger partial charge is 0.416 e.